The first-order valence-electron chi connectivity index (χ1n) is 7.00. The summed E-state index contributed by atoms with van der Waals surface area (Å²) in [5, 5.41) is 3.37. The van der Waals surface area contributed by atoms with Crippen LogP contribution in [0.3, 0.4) is 0 Å². The Morgan fingerprint density at radius 2 is 2.05 bits per heavy atom. The lowest BCUT2D eigenvalue weighted by atomic mass is 10.1. The Hall–Kier alpha value is -1.13. The van der Waals surface area contributed by atoms with E-state index in [0.29, 0.717) is 11.6 Å². The summed E-state index contributed by atoms with van der Waals surface area (Å²) in [4.78, 5) is 4.71. The SMILES string of the molecule is Cc1cc(N(C)CC(C)N2CCNCC2)ccc1F. The van der Waals surface area contributed by atoms with E-state index in [4.69, 9.17) is 0 Å². The molecule has 1 saturated heterocycles. The standard InChI is InChI=1S/C15H24FN3/c1-12-10-14(4-5-15(12)16)18(3)11-13(2)19-8-6-17-7-9-19/h4-5,10,13,17H,6-9,11H2,1-3H3. The molecule has 0 aliphatic carbocycles. The summed E-state index contributed by atoms with van der Waals surface area (Å²) in [5.41, 5.74) is 1.79. The van der Waals surface area contributed by atoms with Crippen molar-refractivity contribution in [3.05, 3.63) is 29.6 Å². The number of benzene rings is 1. The van der Waals surface area contributed by atoms with E-state index in [2.05, 4.69) is 29.1 Å². The molecule has 0 spiro atoms. The molecule has 1 N–H and O–H groups in total. The van der Waals surface area contributed by atoms with Gasteiger partial charge in [-0.3, -0.25) is 4.90 Å². The summed E-state index contributed by atoms with van der Waals surface area (Å²) in [6.07, 6.45) is 0. The molecule has 0 aromatic heterocycles. The van der Waals surface area contributed by atoms with E-state index in [1.807, 2.05) is 19.1 Å². The lowest BCUT2D eigenvalue weighted by Crippen LogP contribution is -2.50. The maximum Gasteiger partial charge on any atom is 0.126 e. The van der Waals surface area contributed by atoms with Gasteiger partial charge in [-0.25, -0.2) is 4.39 Å². The van der Waals surface area contributed by atoms with Crippen LogP contribution in [0.2, 0.25) is 0 Å². The van der Waals surface area contributed by atoms with Gasteiger partial charge in [-0.2, -0.15) is 0 Å². The number of aryl methyl sites for hydroxylation is 1. The number of hydrogen-bond donors (Lipinski definition) is 1. The maximum absolute atomic E-state index is 13.3. The predicted molar refractivity (Wildman–Crippen MR) is 78.3 cm³/mol. The zero-order valence-corrected chi connectivity index (χ0v) is 12.1. The quantitative estimate of drug-likeness (QED) is 0.896. The summed E-state index contributed by atoms with van der Waals surface area (Å²) in [5.74, 6) is -0.132. The van der Waals surface area contributed by atoms with Gasteiger partial charge in [0.05, 0.1) is 0 Å². The Balaban J connectivity index is 1.95. The van der Waals surface area contributed by atoms with Gasteiger partial charge in [0.2, 0.25) is 0 Å². The third kappa shape index (κ3) is 3.67. The Kier molecular flexibility index (Phi) is 4.77. The van der Waals surface area contributed by atoms with Gasteiger partial charge >= 0.3 is 0 Å². The van der Waals surface area contributed by atoms with Crippen LogP contribution in [0.25, 0.3) is 0 Å². The van der Waals surface area contributed by atoms with Crippen molar-refractivity contribution in [3.8, 4) is 0 Å². The molecular weight excluding hydrogens is 241 g/mol. The highest BCUT2D eigenvalue weighted by molar-refractivity contribution is 5.48. The van der Waals surface area contributed by atoms with Gasteiger partial charge in [0, 0.05) is 51.5 Å². The van der Waals surface area contributed by atoms with Gasteiger partial charge in [-0.15, -0.1) is 0 Å². The number of nitrogens with zero attached hydrogens (tertiary/aromatic N) is 2. The van der Waals surface area contributed by atoms with Crippen LogP contribution in [0.15, 0.2) is 18.2 Å². The number of hydrogen-bond acceptors (Lipinski definition) is 3. The zero-order chi connectivity index (χ0) is 13.8. The van der Waals surface area contributed by atoms with Crippen LogP contribution in [0.4, 0.5) is 10.1 Å². The highest BCUT2D eigenvalue weighted by Gasteiger charge is 2.18. The highest BCUT2D eigenvalue weighted by Crippen LogP contribution is 2.18. The Bertz CT molecular complexity index is 416. The molecule has 106 valence electrons. The van der Waals surface area contributed by atoms with Crippen LogP contribution in [-0.2, 0) is 0 Å². The van der Waals surface area contributed by atoms with Crippen molar-refractivity contribution in [2.45, 2.75) is 19.9 Å². The van der Waals surface area contributed by atoms with Crippen LogP contribution in [0, 0.1) is 12.7 Å². The molecule has 0 radical (unpaired) electrons. The molecule has 1 aromatic carbocycles. The molecule has 1 fully saturated rings. The number of likely N-dealkylation sites (N-methyl/N-ethyl adjacent to an activating group) is 1. The summed E-state index contributed by atoms with van der Waals surface area (Å²) < 4.78 is 13.3. The minimum Gasteiger partial charge on any atom is -0.373 e. The van der Waals surface area contributed by atoms with Gasteiger partial charge < -0.3 is 10.2 Å². The average Bonchev–Trinajstić information content (AvgIpc) is 2.42. The summed E-state index contributed by atoms with van der Waals surface area (Å²) in [7, 11) is 2.07. The third-order valence-corrected chi connectivity index (χ3v) is 3.90. The first-order valence-corrected chi connectivity index (χ1v) is 7.00. The van der Waals surface area contributed by atoms with E-state index < -0.39 is 0 Å². The Labute approximate surface area is 115 Å². The summed E-state index contributed by atoms with van der Waals surface area (Å²) in [6.45, 7) is 9.40. The van der Waals surface area contributed by atoms with Gasteiger partial charge in [-0.1, -0.05) is 0 Å². The molecule has 0 saturated carbocycles. The zero-order valence-electron chi connectivity index (χ0n) is 12.1. The van der Waals surface area contributed by atoms with Gasteiger partial charge in [0.1, 0.15) is 5.82 Å². The first-order chi connectivity index (χ1) is 9.08. The molecule has 1 atom stereocenters. The van der Waals surface area contributed by atoms with Crippen molar-refractivity contribution in [1.82, 2.24) is 10.2 Å². The second kappa shape index (κ2) is 6.35. The van der Waals surface area contributed by atoms with Crippen LogP contribution < -0.4 is 10.2 Å². The molecule has 1 aliphatic heterocycles. The lowest BCUT2D eigenvalue weighted by molar-refractivity contribution is 0.187. The van der Waals surface area contributed by atoms with Gasteiger partial charge in [0.25, 0.3) is 0 Å². The molecule has 19 heavy (non-hydrogen) atoms. The fourth-order valence-electron chi connectivity index (χ4n) is 2.61. The second-order valence-corrected chi connectivity index (χ2v) is 5.45. The molecule has 0 amide bonds. The topological polar surface area (TPSA) is 18.5 Å². The molecular formula is C15H24FN3. The Morgan fingerprint density at radius 1 is 1.37 bits per heavy atom. The average molecular weight is 265 g/mol. The number of nitrogens with one attached hydrogen (secondary N) is 1. The van der Waals surface area contributed by atoms with Crippen molar-refractivity contribution in [1.29, 1.82) is 0 Å². The van der Waals surface area contributed by atoms with Crippen LogP contribution >= 0.6 is 0 Å². The molecule has 1 unspecified atom stereocenters. The molecule has 1 aromatic rings. The van der Waals surface area contributed by atoms with Crippen molar-refractivity contribution in [2.75, 3.05) is 44.7 Å². The van der Waals surface area contributed by atoms with Gasteiger partial charge in [-0.05, 0) is 37.6 Å². The van der Waals surface area contributed by atoms with E-state index in [9.17, 15) is 4.39 Å². The summed E-state index contributed by atoms with van der Waals surface area (Å²) in [6, 6.07) is 5.83. The highest BCUT2D eigenvalue weighted by atomic mass is 19.1. The summed E-state index contributed by atoms with van der Waals surface area (Å²) >= 11 is 0. The third-order valence-electron chi connectivity index (χ3n) is 3.90. The van der Waals surface area contributed by atoms with E-state index in [0.717, 1.165) is 38.4 Å². The molecule has 3 nitrogen and oxygen atoms in total. The Morgan fingerprint density at radius 3 is 2.68 bits per heavy atom. The van der Waals surface area contributed by atoms with Crippen LogP contribution in [0.1, 0.15) is 12.5 Å². The van der Waals surface area contributed by atoms with Crippen molar-refractivity contribution in [3.63, 3.8) is 0 Å². The monoisotopic (exact) mass is 265 g/mol. The molecule has 2 rings (SSSR count). The van der Waals surface area contributed by atoms with Crippen molar-refractivity contribution >= 4 is 5.69 Å². The minimum absolute atomic E-state index is 0.132. The lowest BCUT2D eigenvalue weighted by Gasteiger charge is -2.35. The number of rotatable bonds is 4. The van der Waals surface area contributed by atoms with E-state index in [-0.39, 0.29) is 5.82 Å². The van der Waals surface area contributed by atoms with E-state index >= 15 is 0 Å². The largest absolute Gasteiger partial charge is 0.373 e. The first kappa shape index (κ1) is 14.3. The van der Waals surface area contributed by atoms with Crippen LogP contribution in [-0.4, -0.2) is 50.7 Å². The maximum atomic E-state index is 13.3. The molecule has 1 aliphatic rings. The van der Waals surface area contributed by atoms with E-state index in [1.54, 1.807) is 6.07 Å². The molecule has 4 heteroatoms. The minimum atomic E-state index is -0.132. The van der Waals surface area contributed by atoms with Crippen LogP contribution in [0.5, 0.6) is 0 Å². The van der Waals surface area contributed by atoms with Gasteiger partial charge in [0.15, 0.2) is 0 Å². The number of halogens is 1. The molecule has 0 bridgehead atoms. The van der Waals surface area contributed by atoms with Crippen molar-refractivity contribution in [2.24, 2.45) is 0 Å². The fourth-order valence-corrected chi connectivity index (χ4v) is 2.61. The van der Waals surface area contributed by atoms with E-state index in [1.165, 1.54) is 0 Å². The fraction of sp³-hybridized carbons (Fsp3) is 0.600. The second-order valence-electron chi connectivity index (χ2n) is 5.45. The van der Waals surface area contributed by atoms with Crippen molar-refractivity contribution < 1.29 is 4.39 Å². The normalized spacial score (nSPS) is 18.3. The molecule has 1 heterocycles. The number of anilines is 1. The smallest absolute Gasteiger partial charge is 0.126 e. The number of piperazine rings is 1. The predicted octanol–water partition coefficient (Wildman–Crippen LogP) is 1.86.